The van der Waals surface area contributed by atoms with Crippen LogP contribution in [0.2, 0.25) is 0 Å². The summed E-state index contributed by atoms with van der Waals surface area (Å²) in [5.41, 5.74) is 4.20. The Morgan fingerprint density at radius 3 is 2.85 bits per heavy atom. The van der Waals surface area contributed by atoms with Crippen LogP contribution in [0.4, 0.5) is 5.69 Å². The van der Waals surface area contributed by atoms with Gasteiger partial charge in [0.05, 0.1) is 6.54 Å². The zero-order valence-corrected chi connectivity index (χ0v) is 11.5. The first-order valence-electron chi connectivity index (χ1n) is 6.79. The van der Waals surface area contributed by atoms with Gasteiger partial charge in [-0.3, -0.25) is 4.79 Å². The molecule has 0 N–H and O–H groups in total. The van der Waals surface area contributed by atoms with Gasteiger partial charge in [0, 0.05) is 23.4 Å². The van der Waals surface area contributed by atoms with Crippen molar-refractivity contribution in [1.82, 2.24) is 0 Å². The molecule has 20 heavy (non-hydrogen) atoms. The molecule has 1 aliphatic rings. The van der Waals surface area contributed by atoms with E-state index in [0.717, 1.165) is 41.9 Å². The summed E-state index contributed by atoms with van der Waals surface area (Å²) in [6, 6.07) is 14.0. The summed E-state index contributed by atoms with van der Waals surface area (Å²) in [5.74, 6) is 0.970. The topological polar surface area (TPSA) is 29.5 Å². The Morgan fingerprint density at radius 2 is 2.05 bits per heavy atom. The Labute approximate surface area is 118 Å². The van der Waals surface area contributed by atoms with Crippen LogP contribution in [0.3, 0.4) is 0 Å². The first-order valence-corrected chi connectivity index (χ1v) is 6.79. The average Bonchev–Trinajstić information content (AvgIpc) is 2.69. The molecule has 0 bridgehead atoms. The van der Waals surface area contributed by atoms with Crippen LogP contribution in [0.1, 0.15) is 21.5 Å². The maximum absolute atomic E-state index is 10.8. The molecule has 2 aromatic rings. The van der Waals surface area contributed by atoms with E-state index in [1.54, 1.807) is 0 Å². The van der Waals surface area contributed by atoms with E-state index >= 15 is 0 Å². The number of hydrogen-bond acceptors (Lipinski definition) is 3. The quantitative estimate of drug-likeness (QED) is 0.782. The van der Waals surface area contributed by atoms with E-state index in [0.29, 0.717) is 6.61 Å². The minimum absolute atomic E-state index is 0.673. The van der Waals surface area contributed by atoms with Crippen LogP contribution < -0.4 is 9.64 Å². The number of rotatable bonds is 2. The van der Waals surface area contributed by atoms with Crippen LogP contribution in [0.5, 0.6) is 5.75 Å². The number of carbonyl (C=O) groups excluding carboxylic acids is 1. The van der Waals surface area contributed by atoms with E-state index in [-0.39, 0.29) is 0 Å². The third kappa shape index (κ3) is 2.39. The van der Waals surface area contributed by atoms with Crippen LogP contribution in [0, 0.1) is 6.92 Å². The number of para-hydroxylation sites is 1. The smallest absolute Gasteiger partial charge is 0.150 e. The molecule has 1 heterocycles. The Balaban J connectivity index is 1.93. The van der Waals surface area contributed by atoms with E-state index in [1.165, 1.54) is 5.56 Å². The van der Waals surface area contributed by atoms with Gasteiger partial charge in [0.15, 0.2) is 0 Å². The lowest BCUT2D eigenvalue weighted by Gasteiger charge is -2.24. The molecule has 0 amide bonds. The second-order valence-electron chi connectivity index (χ2n) is 5.04. The fraction of sp³-hybridized carbons (Fsp3) is 0.235. The third-order valence-electron chi connectivity index (χ3n) is 3.65. The van der Waals surface area contributed by atoms with Crippen molar-refractivity contribution in [2.75, 3.05) is 18.1 Å². The van der Waals surface area contributed by atoms with Gasteiger partial charge in [0.1, 0.15) is 18.6 Å². The highest BCUT2D eigenvalue weighted by atomic mass is 16.5. The molecule has 102 valence electrons. The molecule has 1 aliphatic heterocycles. The Kier molecular flexibility index (Phi) is 3.42. The summed E-state index contributed by atoms with van der Waals surface area (Å²) >= 11 is 0. The van der Waals surface area contributed by atoms with Crippen LogP contribution >= 0.6 is 0 Å². The molecule has 0 atom stereocenters. The van der Waals surface area contributed by atoms with Gasteiger partial charge in [-0.2, -0.15) is 0 Å². The van der Waals surface area contributed by atoms with Crippen LogP contribution in [0.25, 0.3) is 0 Å². The van der Waals surface area contributed by atoms with Gasteiger partial charge in [-0.25, -0.2) is 0 Å². The highest BCUT2D eigenvalue weighted by molar-refractivity contribution is 5.77. The van der Waals surface area contributed by atoms with E-state index in [1.807, 2.05) is 43.3 Å². The fourth-order valence-electron chi connectivity index (χ4n) is 2.64. The maximum atomic E-state index is 10.8. The summed E-state index contributed by atoms with van der Waals surface area (Å²) in [7, 11) is 0. The number of aldehydes is 1. The lowest BCUT2D eigenvalue weighted by atomic mass is 10.1. The molecule has 0 unspecified atom stereocenters. The van der Waals surface area contributed by atoms with Crippen molar-refractivity contribution in [2.24, 2.45) is 0 Å². The summed E-state index contributed by atoms with van der Waals surface area (Å²) in [4.78, 5) is 13.1. The van der Waals surface area contributed by atoms with Crippen molar-refractivity contribution in [3.8, 4) is 5.75 Å². The molecular weight excluding hydrogens is 250 g/mol. The Morgan fingerprint density at radius 1 is 1.20 bits per heavy atom. The molecule has 0 fully saturated rings. The second-order valence-corrected chi connectivity index (χ2v) is 5.04. The number of hydrogen-bond donors (Lipinski definition) is 0. The third-order valence-corrected chi connectivity index (χ3v) is 3.65. The predicted octanol–water partition coefficient (Wildman–Crippen LogP) is 3.21. The molecule has 3 rings (SSSR count). The standard InChI is InChI=1S/C17H17NO2/c1-13-10-14(12-19)6-7-16(13)18-8-9-20-17-5-3-2-4-15(17)11-18/h2-7,10,12H,8-9,11H2,1H3. The van der Waals surface area contributed by atoms with Crippen LogP contribution in [0.15, 0.2) is 42.5 Å². The predicted molar refractivity (Wildman–Crippen MR) is 79.6 cm³/mol. The highest BCUT2D eigenvalue weighted by Gasteiger charge is 2.16. The molecule has 0 aliphatic carbocycles. The Bertz CT molecular complexity index is 637. The normalized spacial score (nSPS) is 14.2. The van der Waals surface area contributed by atoms with Gasteiger partial charge in [-0.15, -0.1) is 0 Å². The molecule has 3 nitrogen and oxygen atoms in total. The average molecular weight is 267 g/mol. The number of ether oxygens (including phenoxy) is 1. The first-order chi connectivity index (χ1) is 9.78. The first kappa shape index (κ1) is 12.7. The van der Waals surface area contributed by atoms with E-state index in [9.17, 15) is 4.79 Å². The summed E-state index contributed by atoms with van der Waals surface area (Å²) in [6.45, 7) is 4.39. The number of aryl methyl sites for hydroxylation is 1. The number of carbonyl (C=O) groups is 1. The minimum Gasteiger partial charge on any atom is -0.491 e. The van der Waals surface area contributed by atoms with E-state index < -0.39 is 0 Å². The second kappa shape index (κ2) is 5.37. The fourth-order valence-corrected chi connectivity index (χ4v) is 2.64. The van der Waals surface area contributed by atoms with Crippen LogP contribution in [-0.2, 0) is 6.54 Å². The lowest BCUT2D eigenvalue weighted by molar-refractivity contribution is 0.112. The molecule has 0 saturated carbocycles. The van der Waals surface area contributed by atoms with Gasteiger partial charge < -0.3 is 9.64 Å². The number of anilines is 1. The van der Waals surface area contributed by atoms with E-state index in [2.05, 4.69) is 11.0 Å². The minimum atomic E-state index is 0.673. The van der Waals surface area contributed by atoms with Crippen molar-refractivity contribution < 1.29 is 9.53 Å². The molecule has 2 aromatic carbocycles. The van der Waals surface area contributed by atoms with E-state index in [4.69, 9.17) is 4.74 Å². The lowest BCUT2D eigenvalue weighted by Crippen LogP contribution is -2.25. The van der Waals surface area contributed by atoms with Gasteiger partial charge >= 0.3 is 0 Å². The molecular formula is C17H17NO2. The summed E-state index contributed by atoms with van der Waals surface area (Å²) in [6.07, 6.45) is 0.887. The van der Waals surface area contributed by atoms with Crippen LogP contribution in [-0.4, -0.2) is 19.4 Å². The largest absolute Gasteiger partial charge is 0.491 e. The monoisotopic (exact) mass is 267 g/mol. The highest BCUT2D eigenvalue weighted by Crippen LogP contribution is 2.28. The molecule has 0 saturated heterocycles. The van der Waals surface area contributed by atoms with Crippen molar-refractivity contribution in [1.29, 1.82) is 0 Å². The zero-order chi connectivity index (χ0) is 13.9. The van der Waals surface area contributed by atoms with Gasteiger partial charge in [0.2, 0.25) is 0 Å². The summed E-state index contributed by atoms with van der Waals surface area (Å²) in [5, 5.41) is 0. The summed E-state index contributed by atoms with van der Waals surface area (Å²) < 4.78 is 5.79. The number of nitrogens with zero attached hydrogens (tertiary/aromatic N) is 1. The SMILES string of the molecule is Cc1cc(C=O)ccc1N1CCOc2ccccc2C1. The molecule has 3 heteroatoms. The molecule has 0 aromatic heterocycles. The van der Waals surface area contributed by atoms with Crippen molar-refractivity contribution in [3.63, 3.8) is 0 Å². The van der Waals surface area contributed by atoms with Gasteiger partial charge in [0.25, 0.3) is 0 Å². The number of benzene rings is 2. The van der Waals surface area contributed by atoms with Gasteiger partial charge in [-0.1, -0.05) is 18.2 Å². The molecule has 0 spiro atoms. The number of fused-ring (bicyclic) bond motifs is 1. The zero-order valence-electron chi connectivity index (χ0n) is 11.5. The maximum Gasteiger partial charge on any atom is 0.150 e. The van der Waals surface area contributed by atoms with Crippen molar-refractivity contribution >= 4 is 12.0 Å². The van der Waals surface area contributed by atoms with Gasteiger partial charge in [-0.05, 0) is 36.8 Å². The Hall–Kier alpha value is -2.29. The van der Waals surface area contributed by atoms with Crippen molar-refractivity contribution in [2.45, 2.75) is 13.5 Å². The molecule has 0 radical (unpaired) electrons. The van der Waals surface area contributed by atoms with Crippen molar-refractivity contribution in [3.05, 3.63) is 59.2 Å².